The number of nitrogens with zero attached hydrogens (tertiary/aromatic N) is 3. The Kier molecular flexibility index (Phi) is 8.69. The summed E-state index contributed by atoms with van der Waals surface area (Å²) in [7, 11) is 0. The lowest BCUT2D eigenvalue weighted by Gasteiger charge is -2.24. The molecule has 5 rings (SSSR count). The first-order valence-electron chi connectivity index (χ1n) is 13.2. The third-order valence-electron chi connectivity index (χ3n) is 7.79. The minimum atomic E-state index is -1.00. The van der Waals surface area contributed by atoms with E-state index in [2.05, 4.69) is 4.98 Å². The van der Waals surface area contributed by atoms with Crippen molar-refractivity contribution in [2.24, 2.45) is 11.8 Å². The van der Waals surface area contributed by atoms with E-state index in [0.29, 0.717) is 41.9 Å². The van der Waals surface area contributed by atoms with E-state index in [-0.39, 0.29) is 23.7 Å². The molecule has 2 N–H and O–H groups in total. The maximum Gasteiger partial charge on any atom is 0.332 e. The van der Waals surface area contributed by atoms with Crippen LogP contribution >= 0.6 is 12.4 Å². The molecule has 0 saturated heterocycles. The number of imidazole rings is 1. The third kappa shape index (κ3) is 6.06. The minimum absolute atomic E-state index is 0. The normalized spacial score (nSPS) is 17.3. The van der Waals surface area contributed by atoms with Crippen molar-refractivity contribution in [3.05, 3.63) is 56.7 Å². The Morgan fingerprint density at radius 1 is 0.919 bits per heavy atom. The van der Waals surface area contributed by atoms with Gasteiger partial charge in [0.05, 0.1) is 0 Å². The molecule has 3 aromatic rings. The minimum Gasteiger partial charge on any atom is -0.478 e. The average Bonchev–Trinajstić information content (AvgIpc) is 3.35. The first kappa shape index (κ1) is 26.9. The van der Waals surface area contributed by atoms with Gasteiger partial charge in [0.15, 0.2) is 5.65 Å². The van der Waals surface area contributed by atoms with Gasteiger partial charge < -0.3 is 10.1 Å². The number of carboxylic acid groups (broad SMARTS) is 1. The number of nitrogens with one attached hydrogen (secondary N) is 1. The maximum atomic E-state index is 13.7. The Balaban J connectivity index is 0.00000320. The Morgan fingerprint density at radius 3 is 2.05 bits per heavy atom. The number of benzene rings is 1. The summed E-state index contributed by atoms with van der Waals surface area (Å²) in [6.07, 6.45) is 14.1. The highest BCUT2D eigenvalue weighted by Crippen LogP contribution is 2.27. The summed E-state index contributed by atoms with van der Waals surface area (Å²) in [6.45, 7) is 1.06. The molecule has 1 aromatic carbocycles. The topological polar surface area (TPSA) is 110 Å². The zero-order chi connectivity index (χ0) is 25.1. The molecule has 0 unspecified atom stereocenters. The van der Waals surface area contributed by atoms with Crippen LogP contribution in [-0.4, -0.2) is 30.2 Å². The summed E-state index contributed by atoms with van der Waals surface area (Å²) < 4.78 is 3.18. The molecular formula is C28H35ClN4O4. The van der Waals surface area contributed by atoms with Gasteiger partial charge in [-0.05, 0) is 49.2 Å². The number of aromatic amines is 1. The summed E-state index contributed by atoms with van der Waals surface area (Å²) in [6, 6.07) is 7.28. The lowest BCUT2D eigenvalue weighted by atomic mass is 9.89. The molecule has 2 saturated carbocycles. The molecule has 2 aromatic heterocycles. The predicted molar refractivity (Wildman–Crippen MR) is 147 cm³/mol. The molecule has 9 heteroatoms. The Bertz CT molecular complexity index is 1370. The van der Waals surface area contributed by atoms with E-state index in [1.165, 1.54) is 36.3 Å². The van der Waals surface area contributed by atoms with Crippen LogP contribution in [0.1, 0.15) is 69.8 Å². The van der Waals surface area contributed by atoms with E-state index in [9.17, 15) is 14.4 Å². The molecule has 198 valence electrons. The quantitative estimate of drug-likeness (QED) is 0.409. The van der Waals surface area contributed by atoms with Gasteiger partial charge >= 0.3 is 11.7 Å². The number of hydrogen-bond acceptors (Lipinski definition) is 4. The Morgan fingerprint density at radius 2 is 1.49 bits per heavy atom. The average molecular weight is 527 g/mol. The van der Waals surface area contributed by atoms with E-state index < -0.39 is 5.97 Å². The molecule has 0 aliphatic heterocycles. The number of hydrogen-bond donors (Lipinski definition) is 2. The van der Waals surface area contributed by atoms with E-state index in [0.717, 1.165) is 55.7 Å². The van der Waals surface area contributed by atoms with Crippen molar-refractivity contribution in [1.29, 1.82) is 0 Å². The highest BCUT2D eigenvalue weighted by Gasteiger charge is 2.24. The molecule has 0 radical (unpaired) electrons. The molecule has 2 heterocycles. The van der Waals surface area contributed by atoms with Crippen molar-refractivity contribution < 1.29 is 9.90 Å². The molecule has 2 aliphatic rings. The number of aromatic nitrogens is 4. The van der Waals surface area contributed by atoms with Crippen LogP contribution in [0.3, 0.4) is 0 Å². The van der Waals surface area contributed by atoms with E-state index in [1.54, 1.807) is 16.7 Å². The molecule has 37 heavy (non-hydrogen) atoms. The monoisotopic (exact) mass is 526 g/mol. The highest BCUT2D eigenvalue weighted by molar-refractivity contribution is 5.85. The molecule has 2 fully saturated rings. The van der Waals surface area contributed by atoms with Crippen molar-refractivity contribution in [3.8, 4) is 11.4 Å². The predicted octanol–water partition coefficient (Wildman–Crippen LogP) is 5.23. The number of halogens is 1. The zero-order valence-corrected chi connectivity index (χ0v) is 21.8. The van der Waals surface area contributed by atoms with Crippen LogP contribution in [0.5, 0.6) is 0 Å². The largest absolute Gasteiger partial charge is 0.478 e. The van der Waals surface area contributed by atoms with Gasteiger partial charge in [0.2, 0.25) is 0 Å². The lowest BCUT2D eigenvalue weighted by molar-refractivity contribution is -0.131. The van der Waals surface area contributed by atoms with Gasteiger partial charge in [-0.25, -0.2) is 14.6 Å². The highest BCUT2D eigenvalue weighted by atomic mass is 35.5. The summed E-state index contributed by atoms with van der Waals surface area (Å²) in [5.41, 5.74) is 1.80. The second kappa shape index (κ2) is 11.9. The van der Waals surface area contributed by atoms with E-state index >= 15 is 0 Å². The molecule has 0 amide bonds. The van der Waals surface area contributed by atoms with Gasteiger partial charge in [-0.1, -0.05) is 62.8 Å². The molecule has 0 atom stereocenters. The second-order valence-corrected chi connectivity index (χ2v) is 10.4. The van der Waals surface area contributed by atoms with Crippen LogP contribution in [0.2, 0.25) is 0 Å². The van der Waals surface area contributed by atoms with Gasteiger partial charge in [-0.15, -0.1) is 12.4 Å². The summed E-state index contributed by atoms with van der Waals surface area (Å²) in [4.78, 5) is 46.0. The zero-order valence-electron chi connectivity index (χ0n) is 21.0. The first-order chi connectivity index (χ1) is 17.5. The number of aliphatic carboxylic acids is 1. The van der Waals surface area contributed by atoms with Crippen molar-refractivity contribution in [1.82, 2.24) is 19.1 Å². The smallest absolute Gasteiger partial charge is 0.332 e. The van der Waals surface area contributed by atoms with Crippen molar-refractivity contribution in [2.75, 3.05) is 0 Å². The molecule has 2 aliphatic carbocycles. The van der Waals surface area contributed by atoms with Gasteiger partial charge in [-0.3, -0.25) is 13.9 Å². The Labute approximate surface area is 221 Å². The Hall–Kier alpha value is -3.13. The fourth-order valence-electron chi connectivity index (χ4n) is 5.80. The molecule has 0 spiro atoms. The van der Waals surface area contributed by atoms with Crippen LogP contribution in [0.15, 0.2) is 39.9 Å². The third-order valence-corrected chi connectivity index (χ3v) is 7.79. The lowest BCUT2D eigenvalue weighted by Crippen LogP contribution is -2.42. The van der Waals surface area contributed by atoms with E-state index in [4.69, 9.17) is 10.1 Å². The van der Waals surface area contributed by atoms with Crippen LogP contribution in [0.25, 0.3) is 28.6 Å². The van der Waals surface area contributed by atoms with Crippen molar-refractivity contribution in [3.63, 3.8) is 0 Å². The molecule has 0 bridgehead atoms. The van der Waals surface area contributed by atoms with Crippen LogP contribution in [-0.2, 0) is 17.9 Å². The van der Waals surface area contributed by atoms with Crippen LogP contribution in [0.4, 0.5) is 0 Å². The number of fused-ring (bicyclic) bond motifs is 1. The molecular weight excluding hydrogens is 492 g/mol. The van der Waals surface area contributed by atoms with Gasteiger partial charge in [0.25, 0.3) is 5.56 Å². The SMILES string of the molecule is Cl.O=C(O)C=Cc1ccc(-c2nc3c([nH]2)c(=O)n(CC2CCCCC2)c(=O)n3CC2CCCCC2)cc1. The number of carboxylic acids is 1. The fourth-order valence-corrected chi connectivity index (χ4v) is 5.80. The molecule has 8 nitrogen and oxygen atoms in total. The second-order valence-electron chi connectivity index (χ2n) is 10.4. The van der Waals surface area contributed by atoms with Crippen molar-refractivity contribution >= 4 is 35.6 Å². The van der Waals surface area contributed by atoms with Crippen LogP contribution in [0, 0.1) is 11.8 Å². The number of carbonyl (C=O) groups is 1. The van der Waals surface area contributed by atoms with Crippen molar-refractivity contribution in [2.45, 2.75) is 77.3 Å². The summed E-state index contributed by atoms with van der Waals surface area (Å²) in [5.74, 6) is 0.305. The number of rotatable bonds is 7. The van der Waals surface area contributed by atoms with Gasteiger partial charge in [0, 0.05) is 24.7 Å². The summed E-state index contributed by atoms with van der Waals surface area (Å²) >= 11 is 0. The van der Waals surface area contributed by atoms with Crippen LogP contribution < -0.4 is 11.2 Å². The maximum absolute atomic E-state index is 13.7. The first-order valence-corrected chi connectivity index (χ1v) is 13.2. The standard InChI is InChI=1S/C28H34N4O4.ClH/c33-23(34)16-13-19-11-14-22(15-12-19)25-29-24-26(30-25)31(17-20-7-3-1-4-8-20)28(36)32(27(24)35)18-21-9-5-2-6-10-21;/h11-16,20-21H,1-10,17-18H2,(H,29,30)(H,33,34);1H. The van der Waals surface area contributed by atoms with E-state index in [1.807, 2.05) is 12.1 Å². The van der Waals surface area contributed by atoms with Gasteiger partial charge in [-0.2, -0.15) is 0 Å². The van der Waals surface area contributed by atoms with Gasteiger partial charge in [0.1, 0.15) is 11.3 Å². The summed E-state index contributed by atoms with van der Waals surface area (Å²) in [5, 5.41) is 8.84. The number of H-pyrrole nitrogens is 1. The fraction of sp³-hybridized carbons (Fsp3) is 0.500.